The maximum absolute atomic E-state index is 12.6. The number of nitrogens with one attached hydrogen (secondary N) is 2. The Bertz CT molecular complexity index is 833. The van der Waals surface area contributed by atoms with Crippen LogP contribution >= 0.6 is 11.6 Å². The molecule has 0 radical (unpaired) electrons. The van der Waals surface area contributed by atoms with Crippen LogP contribution < -0.4 is 10.6 Å². The minimum Gasteiger partial charge on any atom is -0.357 e. The van der Waals surface area contributed by atoms with Crippen molar-refractivity contribution in [1.29, 1.82) is 0 Å². The Hall–Kier alpha value is -2.60. The standard InChI is InChI=1S/C24H32ClN5O/c1-2-26-24(27-13-10-21-8-9-22(25)28-17-21)29-18-23(31)30-14-11-20(12-15-30)16-19-6-4-3-5-7-19/h3-9,17,20H,2,10-16,18H2,1H3,(H2,26,27,29). The fourth-order valence-electron chi connectivity index (χ4n) is 3.80. The molecule has 3 rings (SSSR count). The van der Waals surface area contributed by atoms with Crippen molar-refractivity contribution in [2.45, 2.75) is 32.6 Å². The summed E-state index contributed by atoms with van der Waals surface area (Å²) >= 11 is 5.82. The van der Waals surface area contributed by atoms with Crippen molar-refractivity contribution in [2.75, 3.05) is 32.7 Å². The Morgan fingerprint density at radius 3 is 2.58 bits per heavy atom. The maximum Gasteiger partial charge on any atom is 0.244 e. The average molecular weight is 442 g/mol. The summed E-state index contributed by atoms with van der Waals surface area (Å²) in [4.78, 5) is 23.2. The highest BCUT2D eigenvalue weighted by Gasteiger charge is 2.22. The van der Waals surface area contributed by atoms with Crippen LogP contribution in [0.1, 0.15) is 30.9 Å². The number of halogens is 1. The lowest BCUT2D eigenvalue weighted by Crippen LogP contribution is -2.42. The molecule has 0 spiro atoms. The number of nitrogens with zero attached hydrogens (tertiary/aromatic N) is 3. The molecule has 0 aliphatic carbocycles. The highest BCUT2D eigenvalue weighted by Crippen LogP contribution is 2.21. The van der Waals surface area contributed by atoms with Gasteiger partial charge in [-0.25, -0.2) is 9.98 Å². The van der Waals surface area contributed by atoms with Crippen LogP contribution in [-0.4, -0.2) is 54.5 Å². The molecule has 1 aliphatic heterocycles. The monoisotopic (exact) mass is 441 g/mol. The van der Waals surface area contributed by atoms with Crippen LogP contribution in [0.5, 0.6) is 0 Å². The molecule has 1 aliphatic rings. The Labute approximate surface area is 190 Å². The second-order valence-electron chi connectivity index (χ2n) is 7.87. The number of rotatable bonds is 8. The number of pyridine rings is 1. The van der Waals surface area contributed by atoms with E-state index < -0.39 is 0 Å². The lowest BCUT2D eigenvalue weighted by molar-refractivity contribution is -0.130. The second kappa shape index (κ2) is 12.3. The van der Waals surface area contributed by atoms with E-state index in [9.17, 15) is 4.79 Å². The first-order valence-electron chi connectivity index (χ1n) is 11.1. The fourth-order valence-corrected chi connectivity index (χ4v) is 3.91. The Kier molecular flexibility index (Phi) is 9.16. The minimum absolute atomic E-state index is 0.0947. The fraction of sp³-hybridized carbons (Fsp3) is 0.458. The maximum atomic E-state index is 12.6. The Balaban J connectivity index is 1.41. The summed E-state index contributed by atoms with van der Waals surface area (Å²) in [7, 11) is 0. The van der Waals surface area contributed by atoms with Crippen LogP contribution in [0.25, 0.3) is 0 Å². The summed E-state index contributed by atoms with van der Waals surface area (Å²) in [6.07, 6.45) is 5.78. The van der Waals surface area contributed by atoms with E-state index in [0.717, 1.165) is 50.9 Å². The van der Waals surface area contributed by atoms with Crippen LogP contribution in [-0.2, 0) is 17.6 Å². The molecular weight excluding hydrogens is 410 g/mol. The first kappa shape index (κ1) is 23.1. The number of amides is 1. The molecule has 0 atom stereocenters. The molecule has 31 heavy (non-hydrogen) atoms. The van der Waals surface area contributed by atoms with Crippen molar-refractivity contribution < 1.29 is 4.79 Å². The number of aromatic nitrogens is 1. The largest absolute Gasteiger partial charge is 0.357 e. The first-order chi connectivity index (χ1) is 15.1. The summed E-state index contributed by atoms with van der Waals surface area (Å²) in [6.45, 7) is 5.27. The van der Waals surface area contributed by atoms with Crippen molar-refractivity contribution in [2.24, 2.45) is 10.9 Å². The van der Waals surface area contributed by atoms with Gasteiger partial charge in [-0.3, -0.25) is 4.79 Å². The molecule has 2 aromatic rings. The van der Waals surface area contributed by atoms with E-state index in [1.807, 2.05) is 17.9 Å². The molecule has 0 unspecified atom stereocenters. The van der Waals surface area contributed by atoms with E-state index in [-0.39, 0.29) is 12.5 Å². The van der Waals surface area contributed by atoms with E-state index in [4.69, 9.17) is 11.6 Å². The van der Waals surface area contributed by atoms with Crippen LogP contribution in [0.3, 0.4) is 0 Å². The molecule has 1 saturated heterocycles. The topological polar surface area (TPSA) is 69.6 Å². The van der Waals surface area contributed by atoms with Crippen molar-refractivity contribution in [3.63, 3.8) is 0 Å². The minimum atomic E-state index is 0.0947. The summed E-state index contributed by atoms with van der Waals surface area (Å²) < 4.78 is 0. The summed E-state index contributed by atoms with van der Waals surface area (Å²) in [5.41, 5.74) is 2.48. The van der Waals surface area contributed by atoms with Gasteiger partial charge >= 0.3 is 0 Å². The van der Waals surface area contributed by atoms with E-state index >= 15 is 0 Å². The highest BCUT2D eigenvalue weighted by molar-refractivity contribution is 6.29. The number of hydrogen-bond acceptors (Lipinski definition) is 3. The number of aliphatic imine (C=N–C) groups is 1. The van der Waals surface area contributed by atoms with Crippen molar-refractivity contribution in [3.8, 4) is 0 Å². The summed E-state index contributed by atoms with van der Waals surface area (Å²) in [6, 6.07) is 14.4. The zero-order chi connectivity index (χ0) is 21.9. The quantitative estimate of drug-likeness (QED) is 0.374. The molecule has 1 fully saturated rings. The molecule has 0 bridgehead atoms. The third kappa shape index (κ3) is 7.87. The molecule has 2 heterocycles. The van der Waals surface area contributed by atoms with E-state index in [1.165, 1.54) is 5.56 Å². The van der Waals surface area contributed by atoms with Gasteiger partial charge in [0.25, 0.3) is 0 Å². The molecule has 2 N–H and O–H groups in total. The molecular formula is C24H32ClN5O. The SMILES string of the molecule is CCNC(=NCC(=O)N1CCC(Cc2ccccc2)CC1)NCCc1ccc(Cl)nc1. The zero-order valence-corrected chi connectivity index (χ0v) is 18.9. The van der Waals surface area contributed by atoms with Crippen LogP contribution in [0.15, 0.2) is 53.7 Å². The molecule has 1 aromatic carbocycles. The van der Waals surface area contributed by atoms with Gasteiger partial charge in [0.15, 0.2) is 5.96 Å². The van der Waals surface area contributed by atoms with Gasteiger partial charge in [0.05, 0.1) is 0 Å². The van der Waals surface area contributed by atoms with E-state index in [0.29, 0.717) is 23.6 Å². The Morgan fingerprint density at radius 2 is 1.90 bits per heavy atom. The zero-order valence-electron chi connectivity index (χ0n) is 18.2. The predicted octanol–water partition coefficient (Wildman–Crippen LogP) is 3.31. The van der Waals surface area contributed by atoms with Crippen LogP contribution in [0, 0.1) is 5.92 Å². The van der Waals surface area contributed by atoms with Gasteiger partial charge in [-0.1, -0.05) is 48.0 Å². The van der Waals surface area contributed by atoms with Gasteiger partial charge in [-0.15, -0.1) is 0 Å². The van der Waals surface area contributed by atoms with E-state index in [2.05, 4.69) is 50.9 Å². The smallest absolute Gasteiger partial charge is 0.244 e. The van der Waals surface area contributed by atoms with Crippen molar-refractivity contribution >= 4 is 23.5 Å². The van der Waals surface area contributed by atoms with Crippen LogP contribution in [0.4, 0.5) is 0 Å². The molecule has 6 nitrogen and oxygen atoms in total. The number of benzene rings is 1. The third-order valence-corrected chi connectivity index (χ3v) is 5.77. The van der Waals surface area contributed by atoms with Crippen molar-refractivity contribution in [3.05, 3.63) is 64.9 Å². The van der Waals surface area contributed by atoms with Crippen molar-refractivity contribution in [1.82, 2.24) is 20.5 Å². The Morgan fingerprint density at radius 1 is 1.13 bits per heavy atom. The molecule has 7 heteroatoms. The number of carbonyl (C=O) groups excluding carboxylic acids is 1. The summed E-state index contributed by atoms with van der Waals surface area (Å²) in [5.74, 6) is 1.41. The molecule has 1 aromatic heterocycles. The lowest BCUT2D eigenvalue weighted by atomic mass is 9.90. The second-order valence-corrected chi connectivity index (χ2v) is 8.26. The first-order valence-corrected chi connectivity index (χ1v) is 11.5. The third-order valence-electron chi connectivity index (χ3n) is 5.55. The van der Waals surface area contributed by atoms with Gasteiger partial charge in [-0.2, -0.15) is 0 Å². The average Bonchev–Trinajstić information content (AvgIpc) is 2.80. The van der Waals surface area contributed by atoms with Crippen LogP contribution in [0.2, 0.25) is 5.15 Å². The van der Waals surface area contributed by atoms with Gasteiger partial charge in [0, 0.05) is 32.4 Å². The lowest BCUT2D eigenvalue weighted by Gasteiger charge is -2.32. The molecule has 166 valence electrons. The number of hydrogen-bond donors (Lipinski definition) is 2. The van der Waals surface area contributed by atoms with Gasteiger partial charge in [0.1, 0.15) is 11.7 Å². The molecule has 0 saturated carbocycles. The number of guanidine groups is 1. The van der Waals surface area contributed by atoms with Gasteiger partial charge in [0.2, 0.25) is 5.91 Å². The summed E-state index contributed by atoms with van der Waals surface area (Å²) in [5, 5.41) is 6.98. The number of piperidine rings is 1. The highest BCUT2D eigenvalue weighted by atomic mass is 35.5. The van der Waals surface area contributed by atoms with Gasteiger partial charge < -0.3 is 15.5 Å². The molecule has 1 amide bonds. The predicted molar refractivity (Wildman–Crippen MR) is 126 cm³/mol. The normalized spacial score (nSPS) is 15.0. The van der Waals surface area contributed by atoms with Gasteiger partial charge in [-0.05, 0) is 55.7 Å². The number of carbonyl (C=O) groups is 1. The van der Waals surface area contributed by atoms with E-state index in [1.54, 1.807) is 12.3 Å². The number of likely N-dealkylation sites (tertiary alicyclic amines) is 1.